The lowest BCUT2D eigenvalue weighted by atomic mass is 9.82. The van der Waals surface area contributed by atoms with E-state index in [0.29, 0.717) is 17.6 Å². The van der Waals surface area contributed by atoms with Crippen molar-refractivity contribution in [1.82, 2.24) is 0 Å². The molecule has 63 heavy (non-hydrogen) atoms. The van der Waals surface area contributed by atoms with Gasteiger partial charge in [0.15, 0.2) is 5.78 Å². The predicted molar refractivity (Wildman–Crippen MR) is 276 cm³/mol. The first kappa shape index (κ1) is 57.4. The molecule has 4 nitrogen and oxygen atoms in total. The second kappa shape index (κ2) is 33.9. The molecule has 1 atom stereocenters. The standard InChI is InChI=1S/C59H92O4/c1-44(2)22-13-23-45(3)24-14-25-46(4)26-15-27-47(5)28-16-29-48(6)30-17-31-49(7)32-18-33-50(8)34-19-35-51(9)36-20-37-52(10)38-21-39-53(11)40-41-55-54(12)58(62)56(42-60)57(43-61)59(55)63/h22,24,26,28,30,32,34,36,38,40,58,60-62H,13-21,23,25,27,29,31,33,35,37,39,41-43H2,1-12H3/b45-24+,46-26+,47-28+,48-30+,49-32+,50-34+,51-36+,52-38+,53-40+. The van der Waals surface area contributed by atoms with E-state index in [1.165, 1.54) is 68.6 Å². The number of aliphatic hydroxyl groups excluding tert-OH is 3. The van der Waals surface area contributed by atoms with Crippen molar-refractivity contribution in [3.05, 3.63) is 139 Å². The third-order valence-corrected chi connectivity index (χ3v) is 12.5. The second-order valence-corrected chi connectivity index (χ2v) is 19.0. The van der Waals surface area contributed by atoms with Crippen LogP contribution in [0.5, 0.6) is 0 Å². The average molecular weight is 865 g/mol. The van der Waals surface area contributed by atoms with Crippen LogP contribution >= 0.6 is 0 Å². The number of Topliss-reactive ketones (excluding diaryl/α,β-unsaturated/α-hetero) is 1. The third kappa shape index (κ3) is 26.7. The van der Waals surface area contributed by atoms with Crippen molar-refractivity contribution in [2.45, 2.75) is 211 Å². The van der Waals surface area contributed by atoms with Crippen molar-refractivity contribution in [3.63, 3.8) is 0 Å². The lowest BCUT2D eigenvalue weighted by molar-refractivity contribution is -0.113. The van der Waals surface area contributed by atoms with Gasteiger partial charge in [0, 0.05) is 11.1 Å². The molecule has 1 unspecified atom stereocenters. The van der Waals surface area contributed by atoms with E-state index in [9.17, 15) is 20.1 Å². The molecule has 3 N–H and O–H groups in total. The Bertz CT molecular complexity index is 1800. The Hall–Kier alpha value is -3.57. The largest absolute Gasteiger partial charge is 0.392 e. The Labute approximate surface area is 387 Å². The highest BCUT2D eigenvalue weighted by atomic mass is 16.3. The molecule has 4 heteroatoms. The summed E-state index contributed by atoms with van der Waals surface area (Å²) < 4.78 is 0. The molecule has 0 fully saturated rings. The van der Waals surface area contributed by atoms with Crippen LogP contribution in [0, 0.1) is 0 Å². The summed E-state index contributed by atoms with van der Waals surface area (Å²) in [6.07, 6.45) is 43.1. The first-order valence-electron chi connectivity index (χ1n) is 24.4. The Morgan fingerprint density at radius 2 is 0.651 bits per heavy atom. The van der Waals surface area contributed by atoms with Gasteiger partial charge in [-0.1, -0.05) is 116 Å². The number of hydrogen-bond donors (Lipinski definition) is 3. The van der Waals surface area contributed by atoms with Crippen molar-refractivity contribution in [2.75, 3.05) is 13.2 Å². The van der Waals surface area contributed by atoms with Gasteiger partial charge in [0.1, 0.15) is 0 Å². The topological polar surface area (TPSA) is 77.8 Å². The summed E-state index contributed by atoms with van der Waals surface area (Å²) in [5.41, 5.74) is 15.9. The molecule has 0 spiro atoms. The van der Waals surface area contributed by atoms with Crippen LogP contribution in [0.4, 0.5) is 0 Å². The van der Waals surface area contributed by atoms with Crippen molar-refractivity contribution >= 4 is 5.78 Å². The number of carbonyl (C=O) groups is 1. The summed E-state index contributed by atoms with van der Waals surface area (Å²) in [7, 11) is 0. The van der Waals surface area contributed by atoms with Crippen LogP contribution < -0.4 is 0 Å². The lowest BCUT2D eigenvalue weighted by Crippen LogP contribution is -2.29. The molecule has 1 rings (SSSR count). The number of carbonyl (C=O) groups excluding carboxylic acids is 1. The summed E-state index contributed by atoms with van der Waals surface area (Å²) in [5, 5.41) is 29.8. The van der Waals surface area contributed by atoms with E-state index in [1.807, 2.05) is 6.08 Å². The highest BCUT2D eigenvalue weighted by molar-refractivity contribution is 6.11. The molecule has 0 radical (unpaired) electrons. The molecule has 1 aliphatic rings. The molecule has 0 saturated carbocycles. The lowest BCUT2D eigenvalue weighted by Gasteiger charge is -2.26. The van der Waals surface area contributed by atoms with Gasteiger partial charge >= 0.3 is 0 Å². The van der Waals surface area contributed by atoms with Crippen molar-refractivity contribution < 1.29 is 20.1 Å². The van der Waals surface area contributed by atoms with Gasteiger partial charge in [-0.15, -0.1) is 0 Å². The maximum Gasteiger partial charge on any atom is 0.187 e. The van der Waals surface area contributed by atoms with Crippen molar-refractivity contribution in [3.8, 4) is 0 Å². The zero-order chi connectivity index (χ0) is 47.2. The summed E-state index contributed by atoms with van der Waals surface area (Å²) in [6.45, 7) is 25.4. The van der Waals surface area contributed by atoms with Crippen LogP contribution in [0.25, 0.3) is 0 Å². The smallest absolute Gasteiger partial charge is 0.187 e. The second-order valence-electron chi connectivity index (χ2n) is 19.0. The number of ketones is 1. The van der Waals surface area contributed by atoms with E-state index in [-0.39, 0.29) is 16.9 Å². The van der Waals surface area contributed by atoms with Crippen LogP contribution in [0.2, 0.25) is 0 Å². The molecule has 0 aromatic carbocycles. The van der Waals surface area contributed by atoms with Gasteiger partial charge < -0.3 is 15.3 Å². The first-order chi connectivity index (χ1) is 30.0. The maximum absolute atomic E-state index is 12.9. The Balaban J connectivity index is 2.30. The third-order valence-electron chi connectivity index (χ3n) is 12.5. The Kier molecular flexibility index (Phi) is 30.9. The molecular formula is C59H92O4. The Morgan fingerprint density at radius 3 is 0.889 bits per heavy atom. The fraction of sp³-hybridized carbons (Fsp3) is 0.576. The molecule has 0 bridgehead atoms. The SMILES string of the molecule is CC(C)=CCC/C(C)=C/CC/C(C)=C/CC/C(C)=C/CC/C(C)=C/CC/C(C)=C/CC/C(C)=C/CC/C(C)=C/CC/C(C)=C/CC/C(C)=C/CC1=C(C)C(O)C(CO)=C(CO)C1=O. The molecule has 0 amide bonds. The number of aliphatic hydroxyl groups is 3. The van der Waals surface area contributed by atoms with Crippen LogP contribution in [-0.4, -0.2) is 40.4 Å². The van der Waals surface area contributed by atoms with Crippen molar-refractivity contribution in [2.24, 2.45) is 0 Å². The van der Waals surface area contributed by atoms with Crippen LogP contribution in [0.15, 0.2) is 139 Å². The molecule has 0 aromatic rings. The predicted octanol–water partition coefficient (Wildman–Crippen LogP) is 16.4. The van der Waals surface area contributed by atoms with Crippen LogP contribution in [-0.2, 0) is 4.79 Å². The first-order valence-corrected chi connectivity index (χ1v) is 24.4. The molecule has 1 aliphatic carbocycles. The van der Waals surface area contributed by atoms with Crippen LogP contribution in [0.3, 0.4) is 0 Å². The summed E-state index contributed by atoms with van der Waals surface area (Å²) in [4.78, 5) is 12.9. The zero-order valence-electron chi connectivity index (χ0n) is 42.4. The van der Waals surface area contributed by atoms with Gasteiger partial charge in [0.05, 0.1) is 19.3 Å². The highest BCUT2D eigenvalue weighted by Gasteiger charge is 2.31. The summed E-state index contributed by atoms with van der Waals surface area (Å²) in [5.74, 6) is -0.271. The number of allylic oxidation sites excluding steroid dienone is 21. The van der Waals surface area contributed by atoms with Crippen molar-refractivity contribution in [1.29, 1.82) is 0 Å². The Morgan fingerprint density at radius 1 is 0.397 bits per heavy atom. The fourth-order valence-electron chi connectivity index (χ4n) is 7.86. The van der Waals surface area contributed by atoms with Gasteiger partial charge in [-0.3, -0.25) is 4.79 Å². The molecule has 0 aliphatic heterocycles. The van der Waals surface area contributed by atoms with E-state index in [2.05, 4.69) is 131 Å². The van der Waals surface area contributed by atoms with Gasteiger partial charge in [-0.2, -0.15) is 0 Å². The van der Waals surface area contributed by atoms with Gasteiger partial charge in [0.25, 0.3) is 0 Å². The van der Waals surface area contributed by atoms with E-state index in [4.69, 9.17) is 0 Å². The van der Waals surface area contributed by atoms with E-state index >= 15 is 0 Å². The minimum Gasteiger partial charge on any atom is -0.392 e. The number of rotatable bonds is 31. The fourth-order valence-corrected chi connectivity index (χ4v) is 7.86. The molecular weight excluding hydrogens is 773 g/mol. The quantitative estimate of drug-likeness (QED) is 0.0607. The van der Waals surface area contributed by atoms with E-state index in [1.54, 1.807) is 6.92 Å². The monoisotopic (exact) mass is 865 g/mol. The normalized spacial score (nSPS) is 17.2. The molecule has 0 heterocycles. The van der Waals surface area contributed by atoms with E-state index < -0.39 is 19.3 Å². The zero-order valence-corrected chi connectivity index (χ0v) is 42.4. The van der Waals surface area contributed by atoms with Gasteiger partial charge in [-0.05, 0) is 216 Å². The highest BCUT2D eigenvalue weighted by Crippen LogP contribution is 2.30. The number of hydrogen-bond acceptors (Lipinski definition) is 4. The van der Waals surface area contributed by atoms with Gasteiger partial charge in [-0.25, -0.2) is 0 Å². The molecule has 0 aromatic heterocycles. The average Bonchev–Trinajstić information content (AvgIpc) is 3.21. The minimum absolute atomic E-state index is 0.121. The maximum atomic E-state index is 12.9. The summed E-state index contributed by atoms with van der Waals surface area (Å²) >= 11 is 0. The molecule has 0 saturated heterocycles. The van der Waals surface area contributed by atoms with E-state index in [0.717, 1.165) is 103 Å². The minimum atomic E-state index is -1.02. The van der Waals surface area contributed by atoms with Gasteiger partial charge in [0.2, 0.25) is 0 Å². The summed E-state index contributed by atoms with van der Waals surface area (Å²) in [6, 6.07) is 0. The molecule has 352 valence electrons. The van der Waals surface area contributed by atoms with Crippen LogP contribution in [0.1, 0.15) is 205 Å².